The molecule has 1 aromatic heterocycles. The fourth-order valence-corrected chi connectivity index (χ4v) is 5.01. The van der Waals surface area contributed by atoms with Crippen LogP contribution in [0.15, 0.2) is 66.7 Å². The van der Waals surface area contributed by atoms with Gasteiger partial charge in [0, 0.05) is 18.2 Å². The van der Waals surface area contributed by atoms with Crippen LogP contribution in [-0.2, 0) is 17.9 Å². The van der Waals surface area contributed by atoms with Gasteiger partial charge < -0.3 is 14.6 Å². The number of nitrogens with one attached hydrogen (secondary N) is 1. The Balaban J connectivity index is 1.26. The molecule has 186 valence electrons. The van der Waals surface area contributed by atoms with Crippen molar-refractivity contribution in [3.63, 3.8) is 0 Å². The number of anilines is 1. The lowest BCUT2D eigenvalue weighted by Gasteiger charge is -2.31. The first-order chi connectivity index (χ1) is 17.5. The minimum absolute atomic E-state index is 0.0410. The van der Waals surface area contributed by atoms with Crippen molar-refractivity contribution in [1.82, 2.24) is 14.5 Å². The first kappa shape index (κ1) is 24.1. The van der Waals surface area contributed by atoms with E-state index in [9.17, 15) is 4.79 Å². The number of aromatic nitrogens is 2. The molecular weight excluding hydrogens is 448 g/mol. The van der Waals surface area contributed by atoms with Gasteiger partial charge in [0.05, 0.1) is 24.7 Å². The average Bonchev–Trinajstić information content (AvgIpc) is 3.24. The smallest absolute Gasteiger partial charge is 0.227 e. The second-order valence-electron chi connectivity index (χ2n) is 9.74. The molecule has 6 nitrogen and oxygen atoms in total. The summed E-state index contributed by atoms with van der Waals surface area (Å²) in [7, 11) is 1.69. The number of methoxy groups -OCH3 is 1. The molecule has 0 spiro atoms. The normalized spacial score (nSPS) is 14.8. The van der Waals surface area contributed by atoms with Crippen molar-refractivity contribution in [2.75, 3.05) is 25.5 Å². The number of carbonyl (C=O) groups excluding carboxylic acids is 1. The van der Waals surface area contributed by atoms with Crippen molar-refractivity contribution < 1.29 is 9.53 Å². The van der Waals surface area contributed by atoms with Crippen LogP contribution in [0.3, 0.4) is 0 Å². The summed E-state index contributed by atoms with van der Waals surface area (Å²) in [4.78, 5) is 20.4. The fraction of sp³-hybridized carbons (Fsp3) is 0.333. The molecule has 4 aromatic rings. The first-order valence-corrected chi connectivity index (χ1v) is 12.7. The number of para-hydroxylation sites is 2. The number of aryl methyl sites for hydroxylation is 1. The highest BCUT2D eigenvalue weighted by atomic mass is 16.5. The quantitative estimate of drug-likeness (QED) is 0.375. The van der Waals surface area contributed by atoms with E-state index in [1.807, 2.05) is 30.3 Å². The monoisotopic (exact) mass is 482 g/mol. The third-order valence-corrected chi connectivity index (χ3v) is 7.42. The highest BCUT2D eigenvalue weighted by Crippen LogP contribution is 2.25. The van der Waals surface area contributed by atoms with Gasteiger partial charge in [-0.05, 0) is 86.8 Å². The Kier molecular flexibility index (Phi) is 7.05. The molecule has 0 radical (unpaired) electrons. The molecule has 0 atom stereocenters. The SMILES string of the molecule is COc1ccc(Cn2c(CN3CCC(C(=O)Nc4cccc(C)c4C)CC3)nc3ccccc32)cc1. The van der Waals surface area contributed by atoms with Gasteiger partial charge in [-0.3, -0.25) is 9.69 Å². The van der Waals surface area contributed by atoms with E-state index in [1.165, 1.54) is 11.1 Å². The minimum Gasteiger partial charge on any atom is -0.497 e. The Morgan fingerprint density at radius 1 is 0.972 bits per heavy atom. The van der Waals surface area contributed by atoms with Crippen LogP contribution in [0.25, 0.3) is 11.0 Å². The van der Waals surface area contributed by atoms with E-state index in [1.54, 1.807) is 7.11 Å². The molecular formula is C30H34N4O2. The van der Waals surface area contributed by atoms with Crippen LogP contribution in [0.1, 0.15) is 35.4 Å². The molecule has 1 N–H and O–H groups in total. The molecule has 1 aliphatic rings. The largest absolute Gasteiger partial charge is 0.497 e. The maximum absolute atomic E-state index is 13.0. The highest BCUT2D eigenvalue weighted by Gasteiger charge is 2.26. The predicted molar refractivity (Wildman–Crippen MR) is 144 cm³/mol. The summed E-state index contributed by atoms with van der Waals surface area (Å²) in [6.07, 6.45) is 1.71. The number of imidazole rings is 1. The second kappa shape index (κ2) is 10.5. The molecule has 3 aromatic carbocycles. The molecule has 0 unspecified atom stereocenters. The number of rotatable bonds is 7. The van der Waals surface area contributed by atoms with Crippen molar-refractivity contribution in [3.8, 4) is 5.75 Å². The molecule has 1 aliphatic heterocycles. The third kappa shape index (κ3) is 5.14. The van der Waals surface area contributed by atoms with Crippen molar-refractivity contribution in [2.24, 2.45) is 5.92 Å². The van der Waals surface area contributed by atoms with Crippen LogP contribution in [0, 0.1) is 19.8 Å². The summed E-state index contributed by atoms with van der Waals surface area (Å²) in [6, 6.07) is 22.6. The lowest BCUT2D eigenvalue weighted by atomic mass is 9.95. The Labute approximate surface area is 212 Å². The lowest BCUT2D eigenvalue weighted by molar-refractivity contribution is -0.121. The van der Waals surface area contributed by atoms with Crippen LogP contribution in [0.4, 0.5) is 5.69 Å². The van der Waals surface area contributed by atoms with E-state index in [0.29, 0.717) is 0 Å². The molecule has 36 heavy (non-hydrogen) atoms. The molecule has 6 heteroatoms. The Morgan fingerprint density at radius 2 is 1.72 bits per heavy atom. The van der Waals surface area contributed by atoms with Gasteiger partial charge in [0.25, 0.3) is 0 Å². The number of likely N-dealkylation sites (tertiary alicyclic amines) is 1. The molecule has 1 saturated heterocycles. The van der Waals surface area contributed by atoms with Crippen molar-refractivity contribution in [2.45, 2.75) is 39.8 Å². The molecule has 0 saturated carbocycles. The van der Waals surface area contributed by atoms with Crippen molar-refractivity contribution in [3.05, 3.63) is 89.2 Å². The molecule has 2 heterocycles. The average molecular weight is 483 g/mol. The van der Waals surface area contributed by atoms with Gasteiger partial charge in [0.1, 0.15) is 11.6 Å². The summed E-state index contributed by atoms with van der Waals surface area (Å²) in [5.41, 5.74) is 6.63. The number of amides is 1. The summed E-state index contributed by atoms with van der Waals surface area (Å²) in [6.45, 7) is 7.44. The Hall–Kier alpha value is -3.64. The zero-order valence-electron chi connectivity index (χ0n) is 21.3. The second-order valence-corrected chi connectivity index (χ2v) is 9.74. The third-order valence-electron chi connectivity index (χ3n) is 7.42. The van der Waals surface area contributed by atoms with Gasteiger partial charge in [-0.15, -0.1) is 0 Å². The van der Waals surface area contributed by atoms with Gasteiger partial charge in [-0.25, -0.2) is 4.98 Å². The molecule has 1 fully saturated rings. The number of benzene rings is 3. The molecule has 0 aliphatic carbocycles. The van der Waals surface area contributed by atoms with E-state index in [2.05, 4.69) is 65.0 Å². The highest BCUT2D eigenvalue weighted by molar-refractivity contribution is 5.93. The van der Waals surface area contributed by atoms with E-state index >= 15 is 0 Å². The van der Waals surface area contributed by atoms with Crippen LogP contribution in [0.2, 0.25) is 0 Å². The predicted octanol–water partition coefficient (Wildman–Crippen LogP) is 5.56. The number of hydrogen-bond donors (Lipinski definition) is 1. The lowest BCUT2D eigenvalue weighted by Crippen LogP contribution is -2.38. The Bertz CT molecular complexity index is 1350. The molecule has 0 bridgehead atoms. The molecule has 1 amide bonds. The Morgan fingerprint density at radius 3 is 2.47 bits per heavy atom. The maximum atomic E-state index is 13.0. The van der Waals surface area contributed by atoms with Gasteiger partial charge >= 0.3 is 0 Å². The van der Waals surface area contributed by atoms with Crippen molar-refractivity contribution in [1.29, 1.82) is 0 Å². The van der Waals surface area contributed by atoms with E-state index in [0.717, 1.165) is 72.9 Å². The molecule has 5 rings (SSSR count). The minimum atomic E-state index is 0.0410. The summed E-state index contributed by atoms with van der Waals surface area (Å²) < 4.78 is 7.63. The number of carbonyl (C=O) groups is 1. The number of nitrogens with zero attached hydrogens (tertiary/aromatic N) is 3. The number of piperidine rings is 1. The van der Waals surface area contributed by atoms with Crippen LogP contribution in [0.5, 0.6) is 5.75 Å². The van der Waals surface area contributed by atoms with E-state index in [4.69, 9.17) is 9.72 Å². The topological polar surface area (TPSA) is 59.4 Å². The zero-order valence-corrected chi connectivity index (χ0v) is 21.3. The number of ether oxygens (including phenoxy) is 1. The van der Waals surface area contributed by atoms with Gasteiger partial charge in [0.15, 0.2) is 0 Å². The van der Waals surface area contributed by atoms with Crippen LogP contribution >= 0.6 is 0 Å². The standard InChI is InChI=1S/C30H34N4O2/c1-21-7-6-9-26(22(21)2)32-30(35)24-15-17-33(18-16-24)20-29-31-27-8-4-5-10-28(27)34(29)19-23-11-13-25(36-3)14-12-23/h4-14,24H,15-20H2,1-3H3,(H,32,35). The number of fused-ring (bicyclic) bond motifs is 1. The van der Waals surface area contributed by atoms with E-state index < -0.39 is 0 Å². The first-order valence-electron chi connectivity index (χ1n) is 12.7. The van der Waals surface area contributed by atoms with Crippen LogP contribution < -0.4 is 10.1 Å². The fourth-order valence-electron chi connectivity index (χ4n) is 5.01. The van der Waals surface area contributed by atoms with E-state index in [-0.39, 0.29) is 11.8 Å². The maximum Gasteiger partial charge on any atom is 0.227 e. The summed E-state index contributed by atoms with van der Waals surface area (Å²) in [5, 5.41) is 3.16. The van der Waals surface area contributed by atoms with Gasteiger partial charge in [0.2, 0.25) is 5.91 Å². The van der Waals surface area contributed by atoms with Gasteiger partial charge in [-0.2, -0.15) is 0 Å². The zero-order chi connectivity index (χ0) is 25.1. The van der Waals surface area contributed by atoms with Gasteiger partial charge in [-0.1, -0.05) is 36.4 Å². The van der Waals surface area contributed by atoms with Crippen molar-refractivity contribution >= 4 is 22.6 Å². The summed E-state index contributed by atoms with van der Waals surface area (Å²) in [5.74, 6) is 2.10. The van der Waals surface area contributed by atoms with Crippen LogP contribution in [-0.4, -0.2) is 40.6 Å². The number of hydrogen-bond acceptors (Lipinski definition) is 4. The summed E-state index contributed by atoms with van der Waals surface area (Å²) >= 11 is 0.